The fourth-order valence-corrected chi connectivity index (χ4v) is 5.59. The highest BCUT2D eigenvalue weighted by Gasteiger charge is 2.50. The second-order valence-electron chi connectivity index (χ2n) is 7.00. The molecule has 4 aliphatic rings. The largest absolute Gasteiger partial charge is 0.316 e. The number of hydrogen-bond acceptors (Lipinski definition) is 2. The maximum Gasteiger partial charge on any atom is 0.0140 e. The molecule has 0 aromatic rings. The Hall–Kier alpha value is -0.0800. The van der Waals surface area contributed by atoms with Gasteiger partial charge in [-0.05, 0) is 62.4 Å². The first kappa shape index (κ1) is 10.8. The molecule has 6 atom stereocenters. The molecule has 2 heteroatoms. The van der Waals surface area contributed by atoms with Gasteiger partial charge >= 0.3 is 0 Å². The highest BCUT2D eigenvalue weighted by Crippen LogP contribution is 2.49. The first-order valence-electron chi connectivity index (χ1n) is 7.83. The Labute approximate surface area is 105 Å². The van der Waals surface area contributed by atoms with Crippen molar-refractivity contribution in [1.29, 1.82) is 0 Å². The van der Waals surface area contributed by atoms with Crippen molar-refractivity contribution in [1.82, 2.24) is 10.2 Å². The van der Waals surface area contributed by atoms with Crippen LogP contribution in [0.5, 0.6) is 0 Å². The van der Waals surface area contributed by atoms with Crippen LogP contribution in [-0.4, -0.2) is 36.6 Å². The maximum absolute atomic E-state index is 3.61. The lowest BCUT2D eigenvalue weighted by atomic mass is 9.90. The van der Waals surface area contributed by atoms with Gasteiger partial charge in [-0.25, -0.2) is 0 Å². The van der Waals surface area contributed by atoms with Gasteiger partial charge in [-0.2, -0.15) is 0 Å². The molecule has 0 aromatic carbocycles. The van der Waals surface area contributed by atoms with Crippen LogP contribution in [0, 0.1) is 23.7 Å². The van der Waals surface area contributed by atoms with Gasteiger partial charge in [0.15, 0.2) is 0 Å². The zero-order valence-electron chi connectivity index (χ0n) is 11.1. The van der Waals surface area contributed by atoms with E-state index in [9.17, 15) is 0 Å². The van der Waals surface area contributed by atoms with Gasteiger partial charge in [0, 0.05) is 18.6 Å². The molecular weight excluding hydrogens is 208 g/mol. The molecule has 96 valence electrons. The third-order valence-corrected chi connectivity index (χ3v) is 6.30. The van der Waals surface area contributed by atoms with Crippen molar-refractivity contribution in [3.8, 4) is 0 Å². The minimum Gasteiger partial charge on any atom is -0.316 e. The Morgan fingerprint density at radius 1 is 1.12 bits per heavy atom. The summed E-state index contributed by atoms with van der Waals surface area (Å²) < 4.78 is 0. The fourth-order valence-electron chi connectivity index (χ4n) is 5.59. The van der Waals surface area contributed by atoms with Crippen molar-refractivity contribution in [2.75, 3.05) is 19.6 Å². The van der Waals surface area contributed by atoms with Crippen LogP contribution in [-0.2, 0) is 0 Å². The predicted molar refractivity (Wildman–Crippen MR) is 69.9 cm³/mol. The van der Waals surface area contributed by atoms with Crippen molar-refractivity contribution < 1.29 is 0 Å². The van der Waals surface area contributed by atoms with Crippen LogP contribution in [0.15, 0.2) is 0 Å². The molecule has 2 bridgehead atoms. The van der Waals surface area contributed by atoms with Gasteiger partial charge in [0.05, 0.1) is 0 Å². The van der Waals surface area contributed by atoms with E-state index in [0.29, 0.717) is 0 Å². The third-order valence-electron chi connectivity index (χ3n) is 6.30. The van der Waals surface area contributed by atoms with Crippen LogP contribution in [0.3, 0.4) is 0 Å². The standard InChI is InChI=1S/C15H26N2/c1-2-14-13-8-16-7-12(13)9-17(14)15-6-10-3-4-11(15)5-10/h10-16H,2-9H2,1H3. The second kappa shape index (κ2) is 3.96. The van der Waals surface area contributed by atoms with Gasteiger partial charge < -0.3 is 5.32 Å². The van der Waals surface area contributed by atoms with Crippen LogP contribution < -0.4 is 5.32 Å². The van der Waals surface area contributed by atoms with Gasteiger partial charge in [0.1, 0.15) is 0 Å². The average molecular weight is 234 g/mol. The monoisotopic (exact) mass is 234 g/mol. The molecule has 2 saturated carbocycles. The minimum absolute atomic E-state index is 0.902. The van der Waals surface area contributed by atoms with E-state index in [1.54, 1.807) is 12.8 Å². The van der Waals surface area contributed by atoms with E-state index < -0.39 is 0 Å². The molecule has 1 N–H and O–H groups in total. The van der Waals surface area contributed by atoms with Crippen molar-refractivity contribution in [2.24, 2.45) is 23.7 Å². The molecule has 2 aliphatic heterocycles. The van der Waals surface area contributed by atoms with Crippen LogP contribution in [0.1, 0.15) is 39.0 Å². The maximum atomic E-state index is 3.61. The van der Waals surface area contributed by atoms with Gasteiger partial charge in [-0.15, -0.1) is 0 Å². The molecule has 2 aliphatic carbocycles. The topological polar surface area (TPSA) is 15.3 Å². The Bertz CT molecular complexity index is 301. The van der Waals surface area contributed by atoms with Gasteiger partial charge in [-0.1, -0.05) is 13.3 Å². The lowest BCUT2D eigenvalue weighted by molar-refractivity contribution is 0.111. The number of fused-ring (bicyclic) bond motifs is 3. The summed E-state index contributed by atoms with van der Waals surface area (Å²) in [6, 6.07) is 1.88. The summed E-state index contributed by atoms with van der Waals surface area (Å²) in [4.78, 5) is 2.96. The molecule has 2 saturated heterocycles. The van der Waals surface area contributed by atoms with E-state index in [-0.39, 0.29) is 0 Å². The predicted octanol–water partition coefficient (Wildman–Crippen LogP) is 2.10. The summed E-state index contributed by atoms with van der Waals surface area (Å²) in [5.74, 6) is 4.11. The number of rotatable bonds is 2. The number of nitrogens with zero attached hydrogens (tertiary/aromatic N) is 1. The molecule has 17 heavy (non-hydrogen) atoms. The van der Waals surface area contributed by atoms with E-state index in [1.165, 1.54) is 38.9 Å². The summed E-state index contributed by atoms with van der Waals surface area (Å²) in [5, 5.41) is 3.61. The normalized spacial score (nSPS) is 53.5. The summed E-state index contributed by atoms with van der Waals surface area (Å²) in [5.41, 5.74) is 0. The smallest absolute Gasteiger partial charge is 0.0140 e. The summed E-state index contributed by atoms with van der Waals surface area (Å²) in [6.07, 6.45) is 7.55. The highest BCUT2D eigenvalue weighted by atomic mass is 15.2. The molecule has 0 amide bonds. The van der Waals surface area contributed by atoms with Crippen molar-refractivity contribution in [2.45, 2.75) is 51.1 Å². The average Bonchev–Trinajstić information content (AvgIpc) is 3.07. The van der Waals surface area contributed by atoms with Gasteiger partial charge in [-0.3, -0.25) is 4.90 Å². The molecule has 0 radical (unpaired) electrons. The number of likely N-dealkylation sites (tertiary alicyclic amines) is 1. The molecule has 0 spiro atoms. The van der Waals surface area contributed by atoms with E-state index >= 15 is 0 Å². The first-order chi connectivity index (χ1) is 8.36. The zero-order chi connectivity index (χ0) is 11.4. The van der Waals surface area contributed by atoms with Crippen LogP contribution in [0.25, 0.3) is 0 Å². The number of hydrogen-bond donors (Lipinski definition) is 1. The summed E-state index contributed by atoms with van der Waals surface area (Å²) in [7, 11) is 0. The molecule has 2 nitrogen and oxygen atoms in total. The molecule has 4 rings (SSSR count). The lowest BCUT2D eigenvalue weighted by Gasteiger charge is -2.37. The number of nitrogens with one attached hydrogen (secondary N) is 1. The Morgan fingerprint density at radius 2 is 2.06 bits per heavy atom. The summed E-state index contributed by atoms with van der Waals surface area (Å²) in [6.45, 7) is 6.40. The SMILES string of the molecule is CCC1C2CNCC2CN1C1CC2CCC1C2. The lowest BCUT2D eigenvalue weighted by Crippen LogP contribution is -2.44. The van der Waals surface area contributed by atoms with Crippen LogP contribution in [0.2, 0.25) is 0 Å². The van der Waals surface area contributed by atoms with E-state index in [4.69, 9.17) is 0 Å². The van der Waals surface area contributed by atoms with E-state index in [2.05, 4.69) is 17.1 Å². The Kier molecular flexibility index (Phi) is 2.52. The minimum atomic E-state index is 0.902. The van der Waals surface area contributed by atoms with Crippen molar-refractivity contribution >= 4 is 0 Å². The summed E-state index contributed by atoms with van der Waals surface area (Å²) >= 11 is 0. The third kappa shape index (κ3) is 1.53. The molecule has 4 fully saturated rings. The van der Waals surface area contributed by atoms with Crippen LogP contribution >= 0.6 is 0 Å². The van der Waals surface area contributed by atoms with Crippen molar-refractivity contribution in [3.05, 3.63) is 0 Å². The molecule has 2 heterocycles. The Balaban J connectivity index is 1.54. The highest BCUT2D eigenvalue weighted by molar-refractivity contribution is 5.04. The molecule has 0 aromatic heterocycles. The zero-order valence-corrected chi connectivity index (χ0v) is 11.1. The van der Waals surface area contributed by atoms with E-state index in [1.807, 2.05) is 0 Å². The van der Waals surface area contributed by atoms with Gasteiger partial charge in [0.25, 0.3) is 0 Å². The fraction of sp³-hybridized carbons (Fsp3) is 1.00. The van der Waals surface area contributed by atoms with Gasteiger partial charge in [0.2, 0.25) is 0 Å². The van der Waals surface area contributed by atoms with Crippen LogP contribution in [0.4, 0.5) is 0 Å². The molecule has 6 unspecified atom stereocenters. The Morgan fingerprint density at radius 3 is 2.76 bits per heavy atom. The second-order valence-corrected chi connectivity index (χ2v) is 7.00. The quantitative estimate of drug-likeness (QED) is 0.787. The van der Waals surface area contributed by atoms with Crippen molar-refractivity contribution in [3.63, 3.8) is 0 Å². The first-order valence-corrected chi connectivity index (χ1v) is 7.83. The molecular formula is C15H26N2. The van der Waals surface area contributed by atoms with E-state index in [0.717, 1.165) is 35.8 Å².